The third-order valence-electron chi connectivity index (χ3n) is 3.07. The lowest BCUT2D eigenvalue weighted by Crippen LogP contribution is -1.98. The van der Waals surface area contributed by atoms with Gasteiger partial charge in [0.1, 0.15) is 23.1 Å². The minimum Gasteiger partial charge on any atom is -0.494 e. The largest absolute Gasteiger partial charge is 0.494 e. The molecule has 0 aliphatic heterocycles. The average Bonchev–Trinajstić information content (AvgIpc) is 2.84. The van der Waals surface area contributed by atoms with E-state index in [0.29, 0.717) is 19.1 Å². The topological polar surface area (TPSA) is 60.0 Å². The van der Waals surface area contributed by atoms with Gasteiger partial charge in [0.15, 0.2) is 0 Å². The molecule has 0 unspecified atom stereocenters. The van der Waals surface area contributed by atoms with Crippen molar-refractivity contribution in [2.75, 3.05) is 13.2 Å². The van der Waals surface area contributed by atoms with E-state index in [9.17, 15) is 0 Å². The summed E-state index contributed by atoms with van der Waals surface area (Å²) in [4.78, 5) is 11.9. The van der Waals surface area contributed by atoms with Crippen molar-refractivity contribution in [3.8, 4) is 11.6 Å². The minimum absolute atomic E-state index is 0.603. The molecule has 3 rings (SSSR count). The van der Waals surface area contributed by atoms with Crippen LogP contribution in [-0.2, 0) is 0 Å². The van der Waals surface area contributed by atoms with Crippen LogP contribution in [0.25, 0.3) is 21.9 Å². The van der Waals surface area contributed by atoms with Gasteiger partial charge in [0.05, 0.1) is 13.2 Å². The molecule has 0 aliphatic rings. The van der Waals surface area contributed by atoms with E-state index in [4.69, 9.17) is 9.47 Å². The summed E-state index contributed by atoms with van der Waals surface area (Å²) in [6, 6.07) is 5.93. The van der Waals surface area contributed by atoms with E-state index >= 15 is 0 Å². The van der Waals surface area contributed by atoms with Crippen LogP contribution in [0.4, 0.5) is 0 Å². The lowest BCUT2D eigenvalue weighted by molar-refractivity contribution is 0.308. The van der Waals surface area contributed by atoms with Crippen molar-refractivity contribution in [2.24, 2.45) is 0 Å². The summed E-state index contributed by atoms with van der Waals surface area (Å²) in [7, 11) is 0. The first-order valence-electron chi connectivity index (χ1n) is 6.85. The van der Waals surface area contributed by atoms with Gasteiger partial charge in [-0.15, -0.1) is 0 Å². The molecule has 20 heavy (non-hydrogen) atoms. The number of aromatic amines is 1. The van der Waals surface area contributed by atoms with Gasteiger partial charge in [0.2, 0.25) is 5.88 Å². The van der Waals surface area contributed by atoms with Gasteiger partial charge in [-0.2, -0.15) is 4.98 Å². The zero-order valence-corrected chi connectivity index (χ0v) is 11.6. The second kappa shape index (κ2) is 5.36. The first kappa shape index (κ1) is 12.7. The number of hydrogen-bond donors (Lipinski definition) is 1. The molecular weight excluding hydrogens is 254 g/mol. The first-order valence-corrected chi connectivity index (χ1v) is 6.85. The summed E-state index contributed by atoms with van der Waals surface area (Å²) >= 11 is 0. The average molecular weight is 271 g/mol. The molecule has 5 nitrogen and oxygen atoms in total. The van der Waals surface area contributed by atoms with Crippen molar-refractivity contribution in [1.82, 2.24) is 15.0 Å². The Balaban J connectivity index is 2.15. The summed E-state index contributed by atoms with van der Waals surface area (Å²) in [5.74, 6) is 1.45. The Morgan fingerprint density at radius 1 is 1.15 bits per heavy atom. The molecule has 0 bridgehead atoms. The van der Waals surface area contributed by atoms with Crippen LogP contribution in [0.5, 0.6) is 11.6 Å². The van der Waals surface area contributed by atoms with Crippen LogP contribution in [0, 0.1) is 0 Å². The van der Waals surface area contributed by atoms with Gasteiger partial charge in [0, 0.05) is 10.9 Å². The first-order chi connectivity index (χ1) is 9.83. The monoisotopic (exact) mass is 271 g/mol. The van der Waals surface area contributed by atoms with Crippen LogP contribution in [0.1, 0.15) is 20.3 Å². The number of H-pyrrole nitrogens is 1. The Kier molecular flexibility index (Phi) is 3.41. The molecular formula is C15H17N3O2. The van der Waals surface area contributed by atoms with E-state index in [1.165, 1.54) is 6.33 Å². The molecule has 5 heteroatoms. The van der Waals surface area contributed by atoms with Crippen molar-refractivity contribution >= 4 is 21.9 Å². The van der Waals surface area contributed by atoms with Crippen molar-refractivity contribution in [3.05, 3.63) is 24.5 Å². The van der Waals surface area contributed by atoms with E-state index in [1.807, 2.05) is 25.1 Å². The highest BCUT2D eigenvalue weighted by molar-refractivity contribution is 6.06. The number of ether oxygens (including phenoxy) is 2. The van der Waals surface area contributed by atoms with E-state index in [2.05, 4.69) is 21.9 Å². The normalized spacial score (nSPS) is 11.1. The number of fused-ring (bicyclic) bond motifs is 3. The summed E-state index contributed by atoms with van der Waals surface area (Å²) < 4.78 is 11.2. The summed E-state index contributed by atoms with van der Waals surface area (Å²) in [6.07, 6.45) is 2.48. The van der Waals surface area contributed by atoms with E-state index in [0.717, 1.165) is 34.1 Å². The second-order valence-corrected chi connectivity index (χ2v) is 4.52. The Bertz CT molecular complexity index is 736. The van der Waals surface area contributed by atoms with Crippen molar-refractivity contribution < 1.29 is 9.47 Å². The maximum Gasteiger partial charge on any atom is 0.241 e. The fourth-order valence-electron chi connectivity index (χ4n) is 2.21. The zero-order chi connectivity index (χ0) is 13.9. The lowest BCUT2D eigenvalue weighted by Gasteiger charge is -2.03. The van der Waals surface area contributed by atoms with Crippen LogP contribution in [0.3, 0.4) is 0 Å². The van der Waals surface area contributed by atoms with Crippen molar-refractivity contribution in [2.45, 2.75) is 20.3 Å². The highest BCUT2D eigenvalue weighted by Crippen LogP contribution is 2.30. The Hall–Kier alpha value is -2.30. The van der Waals surface area contributed by atoms with Crippen LogP contribution < -0.4 is 9.47 Å². The zero-order valence-electron chi connectivity index (χ0n) is 11.6. The number of benzene rings is 1. The number of nitrogens with zero attached hydrogens (tertiary/aromatic N) is 2. The Labute approximate surface area is 116 Å². The molecule has 1 N–H and O–H groups in total. The molecule has 0 saturated heterocycles. The molecule has 2 aromatic heterocycles. The standard InChI is InChI=1S/C15H17N3O2/c1-3-7-20-15-14-13(16-9-17-15)11-8-10(19-4-2)5-6-12(11)18-14/h5-6,8-9,18H,3-4,7H2,1-2H3. The van der Waals surface area contributed by atoms with Gasteiger partial charge in [0.25, 0.3) is 0 Å². The fraction of sp³-hybridized carbons (Fsp3) is 0.333. The summed E-state index contributed by atoms with van der Waals surface area (Å²) in [5, 5.41) is 1.02. The number of hydrogen-bond acceptors (Lipinski definition) is 4. The predicted molar refractivity (Wildman–Crippen MR) is 78.3 cm³/mol. The lowest BCUT2D eigenvalue weighted by atomic mass is 10.2. The molecule has 3 aromatic rings. The minimum atomic E-state index is 0.603. The van der Waals surface area contributed by atoms with Gasteiger partial charge >= 0.3 is 0 Å². The molecule has 0 amide bonds. The molecule has 0 spiro atoms. The highest BCUT2D eigenvalue weighted by Gasteiger charge is 2.12. The molecule has 2 heterocycles. The van der Waals surface area contributed by atoms with E-state index < -0.39 is 0 Å². The van der Waals surface area contributed by atoms with E-state index in [1.54, 1.807) is 0 Å². The molecule has 0 radical (unpaired) electrons. The van der Waals surface area contributed by atoms with Crippen LogP contribution in [0.2, 0.25) is 0 Å². The Morgan fingerprint density at radius 2 is 2.05 bits per heavy atom. The predicted octanol–water partition coefficient (Wildman–Crippen LogP) is 3.30. The van der Waals surface area contributed by atoms with E-state index in [-0.39, 0.29) is 0 Å². The highest BCUT2D eigenvalue weighted by atomic mass is 16.5. The van der Waals surface area contributed by atoms with Gasteiger partial charge in [-0.1, -0.05) is 6.92 Å². The third-order valence-corrected chi connectivity index (χ3v) is 3.07. The Morgan fingerprint density at radius 3 is 2.85 bits per heavy atom. The molecule has 104 valence electrons. The van der Waals surface area contributed by atoms with Crippen LogP contribution >= 0.6 is 0 Å². The molecule has 0 atom stereocenters. The third kappa shape index (κ3) is 2.15. The molecule has 0 fully saturated rings. The maximum absolute atomic E-state index is 5.66. The van der Waals surface area contributed by atoms with Crippen LogP contribution in [-0.4, -0.2) is 28.2 Å². The number of nitrogens with one attached hydrogen (secondary N) is 1. The number of rotatable bonds is 5. The SMILES string of the molecule is CCCOc1ncnc2c1[nH]c1ccc(OCC)cc12. The van der Waals surface area contributed by atoms with Crippen molar-refractivity contribution in [3.63, 3.8) is 0 Å². The molecule has 0 saturated carbocycles. The number of aromatic nitrogens is 3. The quantitative estimate of drug-likeness (QED) is 0.773. The van der Waals surface area contributed by atoms with Gasteiger partial charge < -0.3 is 14.5 Å². The summed E-state index contributed by atoms with van der Waals surface area (Å²) in [5.41, 5.74) is 2.71. The molecule has 1 aromatic carbocycles. The second-order valence-electron chi connectivity index (χ2n) is 4.52. The van der Waals surface area contributed by atoms with Crippen molar-refractivity contribution in [1.29, 1.82) is 0 Å². The molecule has 0 aliphatic carbocycles. The van der Waals surface area contributed by atoms with Gasteiger partial charge in [-0.05, 0) is 31.5 Å². The van der Waals surface area contributed by atoms with Crippen LogP contribution in [0.15, 0.2) is 24.5 Å². The fourth-order valence-corrected chi connectivity index (χ4v) is 2.21. The maximum atomic E-state index is 5.66. The smallest absolute Gasteiger partial charge is 0.241 e. The van der Waals surface area contributed by atoms with Gasteiger partial charge in [-0.3, -0.25) is 0 Å². The van der Waals surface area contributed by atoms with Gasteiger partial charge in [-0.25, -0.2) is 4.98 Å². The summed E-state index contributed by atoms with van der Waals surface area (Å²) in [6.45, 7) is 5.33.